The third-order valence-corrected chi connectivity index (χ3v) is 3.93. The molecule has 3 rings (SSSR count). The number of hydrogen-bond acceptors (Lipinski definition) is 4. The molecule has 1 unspecified atom stereocenters. The molecule has 1 fully saturated rings. The number of aromatic nitrogens is 4. The molecule has 2 heterocycles. The van der Waals surface area contributed by atoms with E-state index in [-0.39, 0.29) is 5.91 Å². The fourth-order valence-corrected chi connectivity index (χ4v) is 2.90. The molecule has 0 saturated carbocycles. The molecule has 0 radical (unpaired) electrons. The summed E-state index contributed by atoms with van der Waals surface area (Å²) < 4.78 is 0. The second-order valence-electron chi connectivity index (χ2n) is 5.66. The minimum Gasteiger partial charge on any atom is -0.338 e. The van der Waals surface area contributed by atoms with Gasteiger partial charge in [-0.1, -0.05) is 22.9 Å². The Hall–Kier alpha value is -2.24. The average Bonchev–Trinajstić information content (AvgIpc) is 3.00. The fraction of sp³-hybridized carbons (Fsp3) is 0.467. The van der Waals surface area contributed by atoms with E-state index < -0.39 is 0 Å². The zero-order valence-corrected chi connectivity index (χ0v) is 12.1. The summed E-state index contributed by atoms with van der Waals surface area (Å²) in [5.41, 5.74) is 1.89. The predicted molar refractivity (Wildman–Crippen MR) is 77.7 cm³/mol. The van der Waals surface area contributed by atoms with E-state index in [9.17, 15) is 4.79 Å². The van der Waals surface area contributed by atoms with Crippen LogP contribution in [0.4, 0.5) is 0 Å². The van der Waals surface area contributed by atoms with Crippen LogP contribution in [0.2, 0.25) is 0 Å². The molecule has 1 saturated heterocycles. The summed E-state index contributed by atoms with van der Waals surface area (Å²) in [6, 6.07) is 7.78. The molecule has 6 heteroatoms. The van der Waals surface area contributed by atoms with E-state index in [1.165, 1.54) is 0 Å². The Morgan fingerprint density at radius 1 is 1.48 bits per heavy atom. The standard InChI is InChI=1S/C15H19N5O/c1-11-4-2-6-13(8-11)15(21)20-7-3-5-12(10-20)9-14-16-18-19-17-14/h2,4,6,8,12H,3,5,7,9-10H2,1H3,(H,16,17,18,19). The first-order chi connectivity index (χ1) is 10.2. The van der Waals surface area contributed by atoms with Crippen molar-refractivity contribution in [3.8, 4) is 0 Å². The number of likely N-dealkylation sites (tertiary alicyclic amines) is 1. The van der Waals surface area contributed by atoms with Gasteiger partial charge in [0.1, 0.15) is 0 Å². The maximum atomic E-state index is 12.6. The number of carbonyl (C=O) groups is 1. The van der Waals surface area contributed by atoms with Gasteiger partial charge in [0.25, 0.3) is 5.91 Å². The van der Waals surface area contributed by atoms with Gasteiger partial charge in [0.2, 0.25) is 0 Å². The molecule has 1 aliphatic rings. The van der Waals surface area contributed by atoms with E-state index in [2.05, 4.69) is 20.6 Å². The lowest BCUT2D eigenvalue weighted by molar-refractivity contribution is 0.0672. The van der Waals surface area contributed by atoms with Gasteiger partial charge in [0, 0.05) is 25.1 Å². The minimum atomic E-state index is 0.122. The molecule has 1 amide bonds. The quantitative estimate of drug-likeness (QED) is 0.929. The van der Waals surface area contributed by atoms with E-state index >= 15 is 0 Å². The number of benzene rings is 1. The Bertz CT molecular complexity index is 610. The van der Waals surface area contributed by atoms with Gasteiger partial charge < -0.3 is 4.90 Å². The molecular weight excluding hydrogens is 266 g/mol. The van der Waals surface area contributed by atoms with Crippen LogP contribution in [-0.2, 0) is 6.42 Å². The van der Waals surface area contributed by atoms with Crippen molar-refractivity contribution in [2.24, 2.45) is 5.92 Å². The number of nitrogens with zero attached hydrogens (tertiary/aromatic N) is 4. The Morgan fingerprint density at radius 3 is 3.14 bits per heavy atom. The SMILES string of the molecule is Cc1cccc(C(=O)N2CCCC(Cc3nn[nH]n3)C2)c1. The van der Waals surface area contributed by atoms with E-state index in [0.717, 1.165) is 49.3 Å². The highest BCUT2D eigenvalue weighted by molar-refractivity contribution is 5.94. The molecule has 6 nitrogen and oxygen atoms in total. The first-order valence-electron chi connectivity index (χ1n) is 7.30. The smallest absolute Gasteiger partial charge is 0.253 e. The highest BCUT2D eigenvalue weighted by Gasteiger charge is 2.25. The number of aryl methyl sites for hydroxylation is 1. The van der Waals surface area contributed by atoms with Gasteiger partial charge in [-0.2, -0.15) is 5.21 Å². The normalized spacial score (nSPS) is 18.7. The largest absolute Gasteiger partial charge is 0.338 e. The van der Waals surface area contributed by atoms with Crippen LogP contribution in [0.15, 0.2) is 24.3 Å². The Morgan fingerprint density at radius 2 is 2.38 bits per heavy atom. The fourth-order valence-electron chi connectivity index (χ4n) is 2.90. The second kappa shape index (κ2) is 6.03. The third kappa shape index (κ3) is 3.26. The van der Waals surface area contributed by atoms with Crippen molar-refractivity contribution in [3.63, 3.8) is 0 Å². The van der Waals surface area contributed by atoms with Gasteiger partial charge in [0.05, 0.1) is 0 Å². The monoisotopic (exact) mass is 285 g/mol. The van der Waals surface area contributed by atoms with Crippen molar-refractivity contribution in [1.82, 2.24) is 25.5 Å². The summed E-state index contributed by atoms with van der Waals surface area (Å²) in [7, 11) is 0. The number of tetrazole rings is 1. The molecule has 1 aromatic carbocycles. The predicted octanol–water partition coefficient (Wildman–Crippen LogP) is 1.60. The summed E-state index contributed by atoms with van der Waals surface area (Å²) in [6.07, 6.45) is 2.90. The van der Waals surface area contributed by atoms with Crippen molar-refractivity contribution < 1.29 is 4.79 Å². The zero-order chi connectivity index (χ0) is 14.7. The van der Waals surface area contributed by atoms with E-state index in [4.69, 9.17) is 0 Å². The number of H-pyrrole nitrogens is 1. The van der Waals surface area contributed by atoms with Crippen LogP contribution in [0.25, 0.3) is 0 Å². The maximum absolute atomic E-state index is 12.6. The van der Waals surface area contributed by atoms with Crippen molar-refractivity contribution in [1.29, 1.82) is 0 Å². The first-order valence-corrected chi connectivity index (χ1v) is 7.30. The van der Waals surface area contributed by atoms with Gasteiger partial charge in [-0.05, 0) is 37.8 Å². The second-order valence-corrected chi connectivity index (χ2v) is 5.66. The molecule has 21 heavy (non-hydrogen) atoms. The van der Waals surface area contributed by atoms with Gasteiger partial charge in [-0.15, -0.1) is 10.2 Å². The molecule has 0 spiro atoms. The van der Waals surface area contributed by atoms with Crippen LogP contribution in [0, 0.1) is 12.8 Å². The van der Waals surface area contributed by atoms with Crippen molar-refractivity contribution in [2.75, 3.05) is 13.1 Å². The summed E-state index contributed by atoms with van der Waals surface area (Å²) in [5, 5.41) is 14.1. The Kier molecular flexibility index (Phi) is 3.94. The van der Waals surface area contributed by atoms with Crippen LogP contribution in [-0.4, -0.2) is 44.5 Å². The number of carbonyl (C=O) groups excluding carboxylic acids is 1. The highest BCUT2D eigenvalue weighted by Crippen LogP contribution is 2.21. The molecule has 0 aliphatic carbocycles. The van der Waals surface area contributed by atoms with Gasteiger partial charge in [0.15, 0.2) is 5.82 Å². The average molecular weight is 285 g/mol. The maximum Gasteiger partial charge on any atom is 0.253 e. The molecule has 1 aromatic heterocycles. The highest BCUT2D eigenvalue weighted by atomic mass is 16.2. The zero-order valence-electron chi connectivity index (χ0n) is 12.1. The van der Waals surface area contributed by atoms with E-state index in [1.54, 1.807) is 0 Å². The number of aromatic amines is 1. The van der Waals surface area contributed by atoms with Crippen molar-refractivity contribution in [3.05, 3.63) is 41.2 Å². The number of piperidine rings is 1. The van der Waals surface area contributed by atoms with E-state index in [1.807, 2.05) is 36.1 Å². The molecular formula is C15H19N5O. The summed E-state index contributed by atoms with van der Waals surface area (Å²) in [6.45, 7) is 3.60. The van der Waals surface area contributed by atoms with Crippen LogP contribution in [0.3, 0.4) is 0 Å². The Balaban J connectivity index is 1.66. The molecule has 0 bridgehead atoms. The van der Waals surface area contributed by atoms with Crippen LogP contribution < -0.4 is 0 Å². The number of hydrogen-bond donors (Lipinski definition) is 1. The van der Waals surface area contributed by atoms with Crippen LogP contribution in [0.5, 0.6) is 0 Å². The van der Waals surface area contributed by atoms with E-state index in [0.29, 0.717) is 5.92 Å². The van der Waals surface area contributed by atoms with Crippen molar-refractivity contribution >= 4 is 5.91 Å². The molecule has 1 N–H and O–H groups in total. The lowest BCUT2D eigenvalue weighted by Gasteiger charge is -2.32. The van der Waals surface area contributed by atoms with Gasteiger partial charge in [-0.3, -0.25) is 4.79 Å². The van der Waals surface area contributed by atoms with Gasteiger partial charge >= 0.3 is 0 Å². The van der Waals surface area contributed by atoms with Gasteiger partial charge in [-0.25, -0.2) is 0 Å². The third-order valence-electron chi connectivity index (χ3n) is 3.93. The molecule has 1 atom stereocenters. The number of amides is 1. The lowest BCUT2D eigenvalue weighted by atomic mass is 9.94. The van der Waals surface area contributed by atoms with Crippen molar-refractivity contribution in [2.45, 2.75) is 26.2 Å². The number of rotatable bonds is 3. The minimum absolute atomic E-state index is 0.122. The molecule has 110 valence electrons. The molecule has 2 aromatic rings. The summed E-state index contributed by atoms with van der Waals surface area (Å²) >= 11 is 0. The summed E-state index contributed by atoms with van der Waals surface area (Å²) in [4.78, 5) is 14.5. The topological polar surface area (TPSA) is 74.8 Å². The number of nitrogens with one attached hydrogen (secondary N) is 1. The summed E-state index contributed by atoms with van der Waals surface area (Å²) in [5.74, 6) is 1.26. The lowest BCUT2D eigenvalue weighted by Crippen LogP contribution is -2.40. The first kappa shape index (κ1) is 13.7. The van der Waals surface area contributed by atoms with Crippen LogP contribution in [0.1, 0.15) is 34.6 Å². The van der Waals surface area contributed by atoms with Crippen LogP contribution >= 0.6 is 0 Å². The molecule has 1 aliphatic heterocycles. The Labute approximate surface area is 123 Å².